The number of rotatable bonds is 2. The second-order valence-electron chi connectivity index (χ2n) is 5.03. The molecule has 0 bridgehead atoms. The van der Waals surface area contributed by atoms with Crippen molar-refractivity contribution in [2.75, 3.05) is 0 Å². The van der Waals surface area contributed by atoms with Gasteiger partial charge in [-0.25, -0.2) is 0 Å². The molecule has 0 aliphatic carbocycles. The fourth-order valence-corrected chi connectivity index (χ4v) is 1.80. The summed E-state index contributed by atoms with van der Waals surface area (Å²) >= 11 is 0. The second-order valence-corrected chi connectivity index (χ2v) is 5.03. The van der Waals surface area contributed by atoms with Gasteiger partial charge in [0.15, 0.2) is 0 Å². The first-order chi connectivity index (χ1) is 6.29. The summed E-state index contributed by atoms with van der Waals surface area (Å²) in [5, 5.41) is 0. The van der Waals surface area contributed by atoms with Crippen molar-refractivity contribution in [2.24, 2.45) is 5.73 Å². The highest BCUT2D eigenvalue weighted by Crippen LogP contribution is 2.19. The van der Waals surface area contributed by atoms with Crippen LogP contribution >= 0.6 is 0 Å². The predicted molar refractivity (Wildman–Crippen MR) is 62.6 cm³/mol. The topological polar surface area (TPSA) is 26.0 Å². The molecule has 0 fully saturated rings. The van der Waals surface area contributed by atoms with Crippen LogP contribution in [0.2, 0.25) is 0 Å². The summed E-state index contributed by atoms with van der Waals surface area (Å²) in [4.78, 5) is 0. The highest BCUT2D eigenvalue weighted by molar-refractivity contribution is 5.38. The van der Waals surface area contributed by atoms with Crippen molar-refractivity contribution in [2.45, 2.75) is 46.6 Å². The van der Waals surface area contributed by atoms with E-state index in [0.29, 0.717) is 0 Å². The van der Waals surface area contributed by atoms with Gasteiger partial charge in [-0.1, -0.05) is 17.7 Å². The Bertz CT molecular complexity index is 332. The SMILES string of the molecule is Cc1cc(C)c(C)c(CC(C)(C)N)c1. The standard InChI is InChI=1S/C13H21N/c1-9-6-10(2)11(3)12(7-9)8-13(4,5)14/h6-7H,8,14H2,1-5H3. The van der Waals surface area contributed by atoms with E-state index in [1.165, 1.54) is 22.3 Å². The van der Waals surface area contributed by atoms with Crippen LogP contribution in [0.4, 0.5) is 0 Å². The molecule has 0 saturated carbocycles. The zero-order valence-electron chi connectivity index (χ0n) is 9.94. The lowest BCUT2D eigenvalue weighted by Gasteiger charge is -2.21. The van der Waals surface area contributed by atoms with Crippen molar-refractivity contribution in [3.63, 3.8) is 0 Å². The van der Waals surface area contributed by atoms with Gasteiger partial charge in [-0.15, -0.1) is 0 Å². The van der Waals surface area contributed by atoms with Crippen molar-refractivity contribution in [1.29, 1.82) is 0 Å². The molecule has 1 nitrogen and oxygen atoms in total. The van der Waals surface area contributed by atoms with Crippen molar-refractivity contribution in [3.8, 4) is 0 Å². The molecule has 0 atom stereocenters. The molecule has 1 aromatic carbocycles. The Kier molecular flexibility index (Phi) is 3.01. The first-order valence-electron chi connectivity index (χ1n) is 5.15. The average Bonchev–Trinajstić information content (AvgIpc) is 1.96. The third-order valence-electron chi connectivity index (χ3n) is 2.57. The maximum Gasteiger partial charge on any atom is 0.0138 e. The number of aryl methyl sites for hydroxylation is 2. The van der Waals surface area contributed by atoms with E-state index >= 15 is 0 Å². The molecule has 0 amide bonds. The van der Waals surface area contributed by atoms with E-state index < -0.39 is 0 Å². The van der Waals surface area contributed by atoms with E-state index in [-0.39, 0.29) is 5.54 Å². The third-order valence-corrected chi connectivity index (χ3v) is 2.57. The average molecular weight is 191 g/mol. The highest BCUT2D eigenvalue weighted by Gasteiger charge is 2.14. The van der Waals surface area contributed by atoms with Crippen LogP contribution in [-0.4, -0.2) is 5.54 Å². The molecule has 0 unspecified atom stereocenters. The molecule has 0 aromatic heterocycles. The van der Waals surface area contributed by atoms with Crippen LogP contribution in [0.25, 0.3) is 0 Å². The molecule has 1 rings (SSSR count). The predicted octanol–water partition coefficient (Wildman–Crippen LogP) is 2.89. The summed E-state index contributed by atoms with van der Waals surface area (Å²) in [6, 6.07) is 4.47. The molecule has 1 aromatic rings. The lowest BCUT2D eigenvalue weighted by Crippen LogP contribution is -2.34. The van der Waals surface area contributed by atoms with Gasteiger partial charge in [0.1, 0.15) is 0 Å². The van der Waals surface area contributed by atoms with Gasteiger partial charge in [-0.3, -0.25) is 0 Å². The molecule has 2 N–H and O–H groups in total. The molecule has 0 spiro atoms. The third kappa shape index (κ3) is 2.85. The minimum atomic E-state index is -0.120. The summed E-state index contributed by atoms with van der Waals surface area (Å²) in [7, 11) is 0. The van der Waals surface area contributed by atoms with E-state index in [1.807, 2.05) is 0 Å². The van der Waals surface area contributed by atoms with Crippen LogP contribution in [0.3, 0.4) is 0 Å². The number of nitrogens with two attached hydrogens (primary N) is 1. The minimum Gasteiger partial charge on any atom is -0.325 e. The number of hydrogen-bond acceptors (Lipinski definition) is 1. The molecule has 0 radical (unpaired) electrons. The smallest absolute Gasteiger partial charge is 0.0138 e. The fraction of sp³-hybridized carbons (Fsp3) is 0.538. The molecule has 1 heteroatoms. The van der Waals surface area contributed by atoms with Gasteiger partial charge in [0, 0.05) is 5.54 Å². The van der Waals surface area contributed by atoms with Crippen molar-refractivity contribution >= 4 is 0 Å². The molecular formula is C13H21N. The first-order valence-corrected chi connectivity index (χ1v) is 5.15. The minimum absolute atomic E-state index is 0.120. The van der Waals surface area contributed by atoms with E-state index in [0.717, 1.165) is 6.42 Å². The first kappa shape index (κ1) is 11.3. The maximum absolute atomic E-state index is 6.04. The Morgan fingerprint density at radius 1 is 1.14 bits per heavy atom. The van der Waals surface area contributed by atoms with Gasteiger partial charge < -0.3 is 5.73 Å². The largest absolute Gasteiger partial charge is 0.325 e. The molecule has 0 heterocycles. The molecule has 14 heavy (non-hydrogen) atoms. The quantitative estimate of drug-likeness (QED) is 0.764. The van der Waals surface area contributed by atoms with Crippen molar-refractivity contribution in [1.82, 2.24) is 0 Å². The van der Waals surface area contributed by atoms with E-state index in [9.17, 15) is 0 Å². The Labute approximate surface area is 87.3 Å². The van der Waals surface area contributed by atoms with Crippen LogP contribution in [0.15, 0.2) is 12.1 Å². The monoisotopic (exact) mass is 191 g/mol. The Morgan fingerprint density at radius 2 is 1.71 bits per heavy atom. The van der Waals surface area contributed by atoms with Crippen molar-refractivity contribution < 1.29 is 0 Å². The van der Waals surface area contributed by atoms with Crippen LogP contribution < -0.4 is 5.73 Å². The normalized spacial score (nSPS) is 11.9. The molecule has 0 aliphatic rings. The maximum atomic E-state index is 6.04. The van der Waals surface area contributed by atoms with Crippen LogP contribution in [0.1, 0.15) is 36.1 Å². The zero-order valence-corrected chi connectivity index (χ0v) is 9.94. The number of benzene rings is 1. The van der Waals surface area contributed by atoms with Gasteiger partial charge in [0.05, 0.1) is 0 Å². The Morgan fingerprint density at radius 3 is 2.21 bits per heavy atom. The summed E-state index contributed by atoms with van der Waals surface area (Å²) in [5.41, 5.74) is 11.4. The van der Waals surface area contributed by atoms with E-state index in [1.54, 1.807) is 0 Å². The summed E-state index contributed by atoms with van der Waals surface area (Å²) in [6.07, 6.45) is 0.946. The number of hydrogen-bond donors (Lipinski definition) is 1. The molecular weight excluding hydrogens is 170 g/mol. The molecule has 78 valence electrons. The summed E-state index contributed by atoms with van der Waals surface area (Å²) in [5.74, 6) is 0. The van der Waals surface area contributed by atoms with Crippen molar-refractivity contribution in [3.05, 3.63) is 34.4 Å². The summed E-state index contributed by atoms with van der Waals surface area (Å²) < 4.78 is 0. The van der Waals surface area contributed by atoms with Crippen LogP contribution in [0, 0.1) is 20.8 Å². The van der Waals surface area contributed by atoms with Crippen LogP contribution in [-0.2, 0) is 6.42 Å². The van der Waals surface area contributed by atoms with Crippen LogP contribution in [0.5, 0.6) is 0 Å². The van der Waals surface area contributed by atoms with Gasteiger partial charge >= 0.3 is 0 Å². The molecule has 0 saturated heterocycles. The zero-order chi connectivity index (χ0) is 10.9. The summed E-state index contributed by atoms with van der Waals surface area (Å²) in [6.45, 7) is 10.6. The highest BCUT2D eigenvalue weighted by atomic mass is 14.7. The van der Waals surface area contributed by atoms with E-state index in [4.69, 9.17) is 5.73 Å². The Hall–Kier alpha value is -0.820. The van der Waals surface area contributed by atoms with E-state index in [2.05, 4.69) is 46.8 Å². The fourth-order valence-electron chi connectivity index (χ4n) is 1.80. The van der Waals surface area contributed by atoms with Gasteiger partial charge in [-0.05, 0) is 57.7 Å². The molecule has 0 aliphatic heterocycles. The van der Waals surface area contributed by atoms with Gasteiger partial charge in [-0.2, -0.15) is 0 Å². The lowest BCUT2D eigenvalue weighted by atomic mass is 9.90. The Balaban J connectivity index is 3.09. The van der Waals surface area contributed by atoms with Gasteiger partial charge in [0.25, 0.3) is 0 Å². The second kappa shape index (κ2) is 3.74. The van der Waals surface area contributed by atoms with Gasteiger partial charge in [0.2, 0.25) is 0 Å². The lowest BCUT2D eigenvalue weighted by molar-refractivity contribution is 0.515.